The minimum atomic E-state index is 0.674. The van der Waals surface area contributed by atoms with Crippen LogP contribution in [0.1, 0.15) is 11.1 Å². The maximum atomic E-state index is 5.83. The zero-order valence-corrected chi connectivity index (χ0v) is 8.01. The van der Waals surface area contributed by atoms with Crippen molar-refractivity contribution in [2.24, 2.45) is 0 Å². The van der Waals surface area contributed by atoms with Crippen molar-refractivity contribution in [3.8, 4) is 0 Å². The van der Waals surface area contributed by atoms with Crippen molar-refractivity contribution in [2.75, 3.05) is 5.73 Å². The van der Waals surface area contributed by atoms with Crippen LogP contribution in [-0.2, 0) is 6.54 Å². The standard InChI is InChI=1S/C10H12N4/c1-8-5-13-14(10(8)11)7-9-3-2-4-12-6-9/h2-6H,7,11H2,1H3. The third kappa shape index (κ3) is 1.59. The van der Waals surface area contributed by atoms with E-state index in [0.29, 0.717) is 12.4 Å². The van der Waals surface area contributed by atoms with Crippen LogP contribution in [0.2, 0.25) is 0 Å². The molecule has 0 amide bonds. The largest absolute Gasteiger partial charge is 0.384 e. The summed E-state index contributed by atoms with van der Waals surface area (Å²) in [5, 5.41) is 4.17. The van der Waals surface area contributed by atoms with Crippen LogP contribution in [0, 0.1) is 6.92 Å². The Morgan fingerprint density at radius 1 is 1.43 bits per heavy atom. The monoisotopic (exact) mass is 188 g/mol. The topological polar surface area (TPSA) is 56.7 Å². The molecule has 2 heterocycles. The molecule has 0 bridgehead atoms. The number of nitrogens with zero attached hydrogens (tertiary/aromatic N) is 3. The molecule has 0 aliphatic heterocycles. The molecule has 2 rings (SSSR count). The van der Waals surface area contributed by atoms with Crippen LogP contribution < -0.4 is 5.73 Å². The van der Waals surface area contributed by atoms with E-state index in [9.17, 15) is 0 Å². The number of hydrogen-bond donors (Lipinski definition) is 1. The number of aryl methyl sites for hydroxylation is 1. The van der Waals surface area contributed by atoms with Gasteiger partial charge in [0.15, 0.2) is 0 Å². The smallest absolute Gasteiger partial charge is 0.124 e. The highest BCUT2D eigenvalue weighted by atomic mass is 15.3. The summed E-state index contributed by atoms with van der Waals surface area (Å²) in [6.45, 7) is 2.62. The van der Waals surface area contributed by atoms with Gasteiger partial charge in [0.1, 0.15) is 5.82 Å². The molecule has 72 valence electrons. The van der Waals surface area contributed by atoms with E-state index in [0.717, 1.165) is 11.1 Å². The Kier molecular flexibility index (Phi) is 2.18. The Morgan fingerprint density at radius 3 is 2.86 bits per heavy atom. The van der Waals surface area contributed by atoms with Gasteiger partial charge < -0.3 is 5.73 Å². The van der Waals surface area contributed by atoms with Crippen molar-refractivity contribution in [3.05, 3.63) is 41.9 Å². The number of nitrogens with two attached hydrogens (primary N) is 1. The number of nitrogen functional groups attached to an aromatic ring is 1. The van der Waals surface area contributed by atoms with Gasteiger partial charge in [0.2, 0.25) is 0 Å². The Labute approximate surface area is 82.4 Å². The van der Waals surface area contributed by atoms with Crippen molar-refractivity contribution >= 4 is 5.82 Å². The van der Waals surface area contributed by atoms with Crippen LogP contribution in [0.15, 0.2) is 30.7 Å². The highest BCUT2D eigenvalue weighted by Crippen LogP contribution is 2.10. The normalized spacial score (nSPS) is 10.4. The molecule has 0 atom stereocenters. The van der Waals surface area contributed by atoms with Gasteiger partial charge >= 0.3 is 0 Å². The van der Waals surface area contributed by atoms with Crippen molar-refractivity contribution in [1.29, 1.82) is 0 Å². The minimum absolute atomic E-state index is 0.674. The quantitative estimate of drug-likeness (QED) is 0.770. The number of rotatable bonds is 2. The molecule has 0 spiro atoms. The molecular formula is C10H12N4. The summed E-state index contributed by atoms with van der Waals surface area (Å²) in [4.78, 5) is 4.04. The predicted molar refractivity (Wildman–Crippen MR) is 54.7 cm³/mol. The highest BCUT2D eigenvalue weighted by Gasteiger charge is 2.02. The summed E-state index contributed by atoms with van der Waals surface area (Å²) in [5.74, 6) is 0.717. The summed E-state index contributed by atoms with van der Waals surface area (Å²) in [7, 11) is 0. The van der Waals surface area contributed by atoms with Gasteiger partial charge in [0.25, 0.3) is 0 Å². The fraction of sp³-hybridized carbons (Fsp3) is 0.200. The Balaban J connectivity index is 2.23. The van der Waals surface area contributed by atoms with Crippen molar-refractivity contribution in [1.82, 2.24) is 14.8 Å². The first-order valence-electron chi connectivity index (χ1n) is 4.44. The molecular weight excluding hydrogens is 176 g/mol. The number of aromatic nitrogens is 3. The van der Waals surface area contributed by atoms with Gasteiger partial charge in [0.05, 0.1) is 12.7 Å². The average Bonchev–Trinajstić information content (AvgIpc) is 2.52. The van der Waals surface area contributed by atoms with E-state index in [1.54, 1.807) is 17.1 Å². The Hall–Kier alpha value is -1.84. The second kappa shape index (κ2) is 3.49. The van der Waals surface area contributed by atoms with Crippen LogP contribution in [-0.4, -0.2) is 14.8 Å². The lowest BCUT2D eigenvalue weighted by Gasteiger charge is -2.03. The summed E-state index contributed by atoms with van der Waals surface area (Å²) < 4.78 is 1.77. The molecule has 0 aliphatic rings. The van der Waals surface area contributed by atoms with Crippen LogP contribution >= 0.6 is 0 Å². The molecule has 0 saturated carbocycles. The van der Waals surface area contributed by atoms with Crippen LogP contribution in [0.25, 0.3) is 0 Å². The van der Waals surface area contributed by atoms with Crippen LogP contribution in [0.3, 0.4) is 0 Å². The zero-order chi connectivity index (χ0) is 9.97. The summed E-state index contributed by atoms with van der Waals surface area (Å²) in [6.07, 6.45) is 5.34. The van der Waals surface area contributed by atoms with E-state index in [1.807, 2.05) is 25.3 Å². The molecule has 2 aromatic rings. The third-order valence-electron chi connectivity index (χ3n) is 2.13. The number of hydrogen-bond acceptors (Lipinski definition) is 3. The van der Waals surface area contributed by atoms with Gasteiger partial charge in [-0.15, -0.1) is 0 Å². The summed E-state index contributed by atoms with van der Waals surface area (Å²) in [5.41, 5.74) is 7.94. The molecule has 0 fully saturated rings. The Morgan fingerprint density at radius 2 is 2.29 bits per heavy atom. The minimum Gasteiger partial charge on any atom is -0.384 e. The van der Waals surface area contributed by atoms with Gasteiger partial charge in [-0.3, -0.25) is 4.98 Å². The van der Waals surface area contributed by atoms with Gasteiger partial charge in [-0.2, -0.15) is 5.10 Å². The third-order valence-corrected chi connectivity index (χ3v) is 2.13. The van der Waals surface area contributed by atoms with Gasteiger partial charge in [-0.05, 0) is 18.6 Å². The molecule has 0 aromatic carbocycles. The molecule has 4 heteroatoms. The lowest BCUT2D eigenvalue weighted by molar-refractivity contribution is 0.695. The SMILES string of the molecule is Cc1cnn(Cc2cccnc2)c1N. The molecule has 2 N–H and O–H groups in total. The maximum Gasteiger partial charge on any atom is 0.124 e. The van der Waals surface area contributed by atoms with Gasteiger partial charge in [-0.25, -0.2) is 4.68 Å². The number of pyridine rings is 1. The fourth-order valence-corrected chi connectivity index (χ4v) is 1.28. The van der Waals surface area contributed by atoms with E-state index < -0.39 is 0 Å². The van der Waals surface area contributed by atoms with Crippen LogP contribution in [0.5, 0.6) is 0 Å². The predicted octanol–water partition coefficient (Wildman–Crippen LogP) is 1.22. The fourth-order valence-electron chi connectivity index (χ4n) is 1.28. The number of anilines is 1. The molecule has 4 nitrogen and oxygen atoms in total. The van der Waals surface area contributed by atoms with Crippen molar-refractivity contribution in [2.45, 2.75) is 13.5 Å². The van der Waals surface area contributed by atoms with E-state index in [4.69, 9.17) is 5.73 Å². The van der Waals surface area contributed by atoms with Crippen molar-refractivity contribution < 1.29 is 0 Å². The molecule has 0 unspecified atom stereocenters. The lowest BCUT2D eigenvalue weighted by Crippen LogP contribution is -2.06. The first-order chi connectivity index (χ1) is 6.77. The molecule has 0 aliphatic carbocycles. The molecule has 2 aromatic heterocycles. The highest BCUT2D eigenvalue weighted by molar-refractivity contribution is 5.37. The van der Waals surface area contributed by atoms with E-state index >= 15 is 0 Å². The second-order valence-electron chi connectivity index (χ2n) is 3.23. The molecule has 14 heavy (non-hydrogen) atoms. The molecule has 0 saturated heterocycles. The van der Waals surface area contributed by atoms with Crippen LogP contribution in [0.4, 0.5) is 5.82 Å². The average molecular weight is 188 g/mol. The van der Waals surface area contributed by atoms with E-state index in [-0.39, 0.29) is 0 Å². The van der Waals surface area contributed by atoms with E-state index in [1.165, 1.54) is 0 Å². The zero-order valence-electron chi connectivity index (χ0n) is 8.01. The lowest BCUT2D eigenvalue weighted by atomic mass is 10.3. The van der Waals surface area contributed by atoms with Gasteiger partial charge in [0, 0.05) is 18.0 Å². The molecule has 0 radical (unpaired) electrons. The van der Waals surface area contributed by atoms with E-state index in [2.05, 4.69) is 10.1 Å². The first kappa shape index (κ1) is 8.74. The summed E-state index contributed by atoms with van der Waals surface area (Å²) in [6, 6.07) is 3.91. The van der Waals surface area contributed by atoms with Gasteiger partial charge in [-0.1, -0.05) is 6.07 Å². The maximum absolute atomic E-state index is 5.83. The summed E-state index contributed by atoms with van der Waals surface area (Å²) >= 11 is 0. The first-order valence-corrected chi connectivity index (χ1v) is 4.44. The second-order valence-corrected chi connectivity index (χ2v) is 3.23. The van der Waals surface area contributed by atoms with Crippen molar-refractivity contribution in [3.63, 3.8) is 0 Å². The Bertz CT molecular complexity index is 419.